The minimum absolute atomic E-state index is 0.237. The minimum atomic E-state index is -0.864. The van der Waals surface area contributed by atoms with Crippen LogP contribution in [-0.4, -0.2) is 81.9 Å². The van der Waals surface area contributed by atoms with Gasteiger partial charge in [-0.15, -0.1) is 0 Å². The van der Waals surface area contributed by atoms with E-state index in [0.717, 1.165) is 16.2 Å². The Bertz CT molecular complexity index is 1230. The molecule has 3 amide bonds. The first kappa shape index (κ1) is 22.7. The Hall–Kier alpha value is -4.05. The van der Waals surface area contributed by atoms with Gasteiger partial charge in [-0.3, -0.25) is 24.2 Å². The fourth-order valence-electron chi connectivity index (χ4n) is 4.43. The van der Waals surface area contributed by atoms with Crippen molar-refractivity contribution in [2.75, 3.05) is 33.3 Å². The number of benzene rings is 2. The van der Waals surface area contributed by atoms with Crippen LogP contribution in [0.1, 0.15) is 33.5 Å². The second kappa shape index (κ2) is 9.30. The minimum Gasteiger partial charge on any atom is -0.497 e. The second-order valence-corrected chi connectivity index (χ2v) is 8.54. The molecule has 35 heavy (non-hydrogen) atoms. The number of carbonyl (C=O) groups is 3. The molecule has 1 atom stereocenters. The number of methoxy groups -OCH3 is 1. The van der Waals surface area contributed by atoms with Gasteiger partial charge in [-0.1, -0.05) is 17.3 Å². The third kappa shape index (κ3) is 4.28. The van der Waals surface area contributed by atoms with Crippen LogP contribution in [0.4, 0.5) is 0 Å². The molecule has 1 fully saturated rings. The summed E-state index contributed by atoms with van der Waals surface area (Å²) in [5.74, 6) is 0.672. The Balaban J connectivity index is 1.16. The normalized spacial score (nSPS) is 17.0. The Morgan fingerprint density at radius 1 is 1.00 bits per heavy atom. The fraction of sp³-hybridized carbons (Fsp3) is 0.320. The van der Waals surface area contributed by atoms with E-state index in [9.17, 15) is 14.4 Å². The Kier molecular flexibility index (Phi) is 6.04. The van der Waals surface area contributed by atoms with Crippen molar-refractivity contribution in [3.8, 4) is 17.1 Å². The lowest BCUT2D eigenvalue weighted by Crippen LogP contribution is -2.55. The lowest BCUT2D eigenvalue weighted by molar-refractivity contribution is -0.136. The van der Waals surface area contributed by atoms with Gasteiger partial charge in [0, 0.05) is 31.7 Å². The molecule has 0 spiro atoms. The molecule has 2 aliphatic heterocycles. The van der Waals surface area contributed by atoms with E-state index in [-0.39, 0.29) is 5.91 Å². The molecule has 180 valence electrons. The summed E-state index contributed by atoms with van der Waals surface area (Å²) in [6.45, 7) is 4.26. The van der Waals surface area contributed by atoms with Crippen LogP contribution in [-0.2, 0) is 11.3 Å². The molecule has 0 bridgehead atoms. The standard InChI is InChI=1S/C25H25N5O5/c1-16(30-24(32)19-5-3-4-6-20(19)25(30)33)23(31)29-13-11-28(12-14-29)15-21-26-22(27-35-21)17-7-9-18(34-2)10-8-17/h3-10,16H,11-15H2,1-2H3/t16-/m1/s1. The van der Waals surface area contributed by atoms with Crippen molar-refractivity contribution in [3.05, 3.63) is 65.5 Å². The zero-order chi connectivity index (χ0) is 24.5. The zero-order valence-corrected chi connectivity index (χ0v) is 19.5. The zero-order valence-electron chi connectivity index (χ0n) is 19.5. The number of amides is 3. The summed E-state index contributed by atoms with van der Waals surface area (Å²) in [5, 5.41) is 4.06. The Morgan fingerprint density at radius 3 is 2.23 bits per heavy atom. The van der Waals surface area contributed by atoms with E-state index < -0.39 is 17.9 Å². The number of piperazine rings is 1. The average Bonchev–Trinajstić information content (AvgIpc) is 3.46. The number of hydrogen-bond donors (Lipinski definition) is 0. The maximum atomic E-state index is 13.1. The lowest BCUT2D eigenvalue weighted by Gasteiger charge is -2.36. The van der Waals surface area contributed by atoms with Gasteiger partial charge in [0.2, 0.25) is 17.6 Å². The number of imide groups is 1. The van der Waals surface area contributed by atoms with Crippen molar-refractivity contribution in [1.29, 1.82) is 0 Å². The highest BCUT2D eigenvalue weighted by atomic mass is 16.5. The average molecular weight is 476 g/mol. The first-order valence-corrected chi connectivity index (χ1v) is 11.4. The van der Waals surface area contributed by atoms with E-state index in [1.54, 1.807) is 43.2 Å². The largest absolute Gasteiger partial charge is 0.497 e. The summed E-state index contributed by atoms with van der Waals surface area (Å²) in [4.78, 5) is 47.9. The number of hydrogen-bond acceptors (Lipinski definition) is 8. The van der Waals surface area contributed by atoms with Gasteiger partial charge in [0.15, 0.2) is 0 Å². The highest BCUT2D eigenvalue weighted by Gasteiger charge is 2.42. The SMILES string of the molecule is COc1ccc(-c2noc(CN3CCN(C(=O)[C@@H](C)N4C(=O)c5ccccc5C4=O)CC3)n2)cc1. The maximum absolute atomic E-state index is 13.1. The number of nitrogens with zero attached hydrogens (tertiary/aromatic N) is 5. The van der Waals surface area contributed by atoms with Crippen LogP contribution >= 0.6 is 0 Å². The molecule has 2 aromatic carbocycles. The van der Waals surface area contributed by atoms with E-state index in [1.165, 1.54) is 0 Å². The van der Waals surface area contributed by atoms with Gasteiger partial charge in [0.05, 0.1) is 24.8 Å². The molecule has 1 aromatic heterocycles. The smallest absolute Gasteiger partial charge is 0.262 e. The summed E-state index contributed by atoms with van der Waals surface area (Å²) in [5.41, 5.74) is 1.52. The van der Waals surface area contributed by atoms with Crippen molar-refractivity contribution in [2.45, 2.75) is 19.5 Å². The van der Waals surface area contributed by atoms with E-state index in [1.807, 2.05) is 24.3 Å². The second-order valence-electron chi connectivity index (χ2n) is 8.54. The van der Waals surface area contributed by atoms with Crippen molar-refractivity contribution in [3.63, 3.8) is 0 Å². The van der Waals surface area contributed by atoms with E-state index >= 15 is 0 Å². The molecule has 0 N–H and O–H groups in total. The van der Waals surface area contributed by atoms with Gasteiger partial charge in [0.1, 0.15) is 11.8 Å². The summed E-state index contributed by atoms with van der Waals surface area (Å²) >= 11 is 0. The molecule has 0 unspecified atom stereocenters. The van der Waals surface area contributed by atoms with Crippen LogP contribution in [0.25, 0.3) is 11.4 Å². The molecular weight excluding hydrogens is 450 g/mol. The molecule has 10 heteroatoms. The molecule has 10 nitrogen and oxygen atoms in total. The molecule has 5 rings (SSSR count). The number of fused-ring (bicyclic) bond motifs is 1. The Labute approximate surface area is 202 Å². The highest BCUT2D eigenvalue weighted by Crippen LogP contribution is 2.25. The maximum Gasteiger partial charge on any atom is 0.262 e. The van der Waals surface area contributed by atoms with Crippen LogP contribution in [0.5, 0.6) is 5.75 Å². The summed E-state index contributed by atoms with van der Waals surface area (Å²) in [7, 11) is 1.61. The van der Waals surface area contributed by atoms with Crippen molar-refractivity contribution < 1.29 is 23.6 Å². The third-order valence-electron chi connectivity index (χ3n) is 6.43. The monoisotopic (exact) mass is 475 g/mol. The molecule has 0 radical (unpaired) electrons. The van der Waals surface area contributed by atoms with Crippen molar-refractivity contribution >= 4 is 17.7 Å². The van der Waals surface area contributed by atoms with Crippen LogP contribution in [0.15, 0.2) is 53.1 Å². The van der Waals surface area contributed by atoms with Crippen molar-refractivity contribution in [1.82, 2.24) is 24.8 Å². The molecule has 2 aliphatic rings. The lowest BCUT2D eigenvalue weighted by atomic mass is 10.1. The Morgan fingerprint density at radius 2 is 1.63 bits per heavy atom. The number of carbonyl (C=O) groups excluding carboxylic acids is 3. The molecule has 1 saturated heterocycles. The summed E-state index contributed by atoms with van der Waals surface area (Å²) in [6.07, 6.45) is 0. The molecule has 3 heterocycles. The van der Waals surface area contributed by atoms with Crippen LogP contribution in [0.2, 0.25) is 0 Å². The van der Waals surface area contributed by atoms with Crippen LogP contribution in [0.3, 0.4) is 0 Å². The number of rotatable bonds is 6. The van der Waals surface area contributed by atoms with E-state index in [0.29, 0.717) is 55.6 Å². The van der Waals surface area contributed by atoms with Gasteiger partial charge in [0.25, 0.3) is 11.8 Å². The number of aromatic nitrogens is 2. The predicted octanol–water partition coefficient (Wildman–Crippen LogP) is 2.07. The molecule has 3 aromatic rings. The molecule has 0 saturated carbocycles. The first-order valence-electron chi connectivity index (χ1n) is 11.4. The van der Waals surface area contributed by atoms with E-state index in [2.05, 4.69) is 15.0 Å². The number of ether oxygens (including phenoxy) is 1. The molecule has 0 aliphatic carbocycles. The summed E-state index contributed by atoms with van der Waals surface area (Å²) in [6, 6.07) is 13.2. The van der Waals surface area contributed by atoms with Gasteiger partial charge in [-0.25, -0.2) is 0 Å². The fourth-order valence-corrected chi connectivity index (χ4v) is 4.43. The third-order valence-corrected chi connectivity index (χ3v) is 6.43. The van der Waals surface area contributed by atoms with E-state index in [4.69, 9.17) is 9.26 Å². The highest BCUT2D eigenvalue weighted by molar-refractivity contribution is 6.22. The first-order chi connectivity index (χ1) is 17.0. The predicted molar refractivity (Wildman–Crippen MR) is 125 cm³/mol. The van der Waals surface area contributed by atoms with Crippen LogP contribution < -0.4 is 4.74 Å². The quantitative estimate of drug-likeness (QED) is 0.499. The van der Waals surface area contributed by atoms with Gasteiger partial charge in [-0.05, 0) is 43.3 Å². The topological polar surface area (TPSA) is 109 Å². The molecular formula is C25H25N5O5. The van der Waals surface area contributed by atoms with Gasteiger partial charge < -0.3 is 14.2 Å². The van der Waals surface area contributed by atoms with Gasteiger partial charge in [-0.2, -0.15) is 4.98 Å². The van der Waals surface area contributed by atoms with Gasteiger partial charge >= 0.3 is 0 Å². The van der Waals surface area contributed by atoms with Crippen molar-refractivity contribution in [2.24, 2.45) is 0 Å². The summed E-state index contributed by atoms with van der Waals surface area (Å²) < 4.78 is 10.6. The van der Waals surface area contributed by atoms with Crippen LogP contribution in [0, 0.1) is 0 Å².